The third-order valence-corrected chi connectivity index (χ3v) is 3.02. The van der Waals surface area contributed by atoms with Crippen molar-refractivity contribution in [3.05, 3.63) is 42.0 Å². The van der Waals surface area contributed by atoms with E-state index in [9.17, 15) is 9.90 Å². The van der Waals surface area contributed by atoms with Gasteiger partial charge in [-0.25, -0.2) is 0 Å². The normalized spacial score (nSPS) is 28.9. The first-order valence-electron chi connectivity index (χ1n) is 5.28. The fraction of sp³-hybridized carbons (Fsp3) is 0.308. The summed E-state index contributed by atoms with van der Waals surface area (Å²) < 4.78 is 0. The number of carboxylic acids is 1. The van der Waals surface area contributed by atoms with Crippen LogP contribution in [0.5, 0.6) is 0 Å². The van der Waals surface area contributed by atoms with Crippen molar-refractivity contribution in [3.8, 4) is 0 Å². The van der Waals surface area contributed by atoms with Crippen LogP contribution in [0.2, 0.25) is 0 Å². The molecule has 0 bridgehead atoms. The monoisotopic (exact) mass is 218 g/mol. The molecule has 0 saturated heterocycles. The van der Waals surface area contributed by atoms with Gasteiger partial charge in [-0.3, -0.25) is 4.79 Å². The number of aliphatic hydroxyl groups is 1. The van der Waals surface area contributed by atoms with Crippen molar-refractivity contribution in [3.63, 3.8) is 0 Å². The molecular formula is C13H14O3. The van der Waals surface area contributed by atoms with E-state index in [1.54, 1.807) is 12.2 Å². The molecule has 0 heterocycles. The van der Waals surface area contributed by atoms with Gasteiger partial charge in [0, 0.05) is 0 Å². The van der Waals surface area contributed by atoms with E-state index in [4.69, 9.17) is 5.11 Å². The first kappa shape index (κ1) is 10.9. The summed E-state index contributed by atoms with van der Waals surface area (Å²) in [7, 11) is 0. The highest BCUT2D eigenvalue weighted by atomic mass is 16.4. The molecule has 3 nitrogen and oxygen atoms in total. The average Bonchev–Trinajstić information content (AvgIpc) is 2.23. The molecule has 0 aliphatic heterocycles. The molecule has 0 unspecified atom stereocenters. The van der Waals surface area contributed by atoms with E-state index in [1.165, 1.54) is 0 Å². The summed E-state index contributed by atoms with van der Waals surface area (Å²) >= 11 is 0. The highest BCUT2D eigenvalue weighted by molar-refractivity contribution is 5.80. The van der Waals surface area contributed by atoms with Crippen LogP contribution in [0.3, 0.4) is 0 Å². The van der Waals surface area contributed by atoms with E-state index < -0.39 is 17.5 Å². The second kappa shape index (κ2) is 4.10. The van der Waals surface area contributed by atoms with Crippen molar-refractivity contribution in [1.29, 1.82) is 0 Å². The molecule has 3 heteroatoms. The van der Waals surface area contributed by atoms with Crippen LogP contribution in [0, 0.1) is 5.41 Å². The van der Waals surface area contributed by atoms with Gasteiger partial charge in [-0.05, 0) is 18.4 Å². The minimum absolute atomic E-state index is 0.311. The first-order chi connectivity index (χ1) is 7.62. The Kier molecular flexibility index (Phi) is 2.79. The summed E-state index contributed by atoms with van der Waals surface area (Å²) in [6, 6.07) is 9.56. The van der Waals surface area contributed by atoms with Gasteiger partial charge in [0.1, 0.15) is 0 Å². The Morgan fingerprint density at radius 2 is 1.94 bits per heavy atom. The highest BCUT2D eigenvalue weighted by Crippen LogP contribution is 2.43. The van der Waals surface area contributed by atoms with E-state index in [1.807, 2.05) is 30.3 Å². The Hall–Kier alpha value is -1.61. The number of hydrogen-bond acceptors (Lipinski definition) is 2. The lowest BCUT2D eigenvalue weighted by molar-refractivity contribution is -0.156. The zero-order valence-corrected chi connectivity index (χ0v) is 8.84. The molecule has 1 saturated carbocycles. The Morgan fingerprint density at radius 1 is 1.31 bits per heavy atom. The lowest BCUT2D eigenvalue weighted by Crippen LogP contribution is -2.45. The number of carbonyl (C=O) groups is 1. The Bertz CT molecular complexity index is 402. The second-order valence-corrected chi connectivity index (χ2v) is 4.27. The highest BCUT2D eigenvalue weighted by Gasteiger charge is 2.47. The van der Waals surface area contributed by atoms with Crippen molar-refractivity contribution in [2.45, 2.75) is 18.9 Å². The van der Waals surface area contributed by atoms with Gasteiger partial charge >= 0.3 is 5.97 Å². The smallest absolute Gasteiger partial charge is 0.313 e. The number of rotatable bonds is 3. The van der Waals surface area contributed by atoms with Crippen LogP contribution in [-0.2, 0) is 4.79 Å². The Labute approximate surface area is 94.0 Å². The van der Waals surface area contributed by atoms with Gasteiger partial charge in [0.2, 0.25) is 0 Å². The van der Waals surface area contributed by atoms with Crippen molar-refractivity contribution < 1.29 is 15.0 Å². The lowest BCUT2D eigenvalue weighted by Gasteiger charge is -2.39. The van der Waals surface area contributed by atoms with E-state index in [0.29, 0.717) is 12.8 Å². The summed E-state index contributed by atoms with van der Waals surface area (Å²) in [6.45, 7) is 0. The van der Waals surface area contributed by atoms with Crippen LogP contribution in [0.25, 0.3) is 6.08 Å². The average molecular weight is 218 g/mol. The molecule has 2 N–H and O–H groups in total. The first-order valence-corrected chi connectivity index (χ1v) is 5.28. The molecule has 2 rings (SSSR count). The topological polar surface area (TPSA) is 57.5 Å². The van der Waals surface area contributed by atoms with Crippen LogP contribution in [0.4, 0.5) is 0 Å². The number of hydrogen-bond donors (Lipinski definition) is 2. The van der Waals surface area contributed by atoms with Gasteiger partial charge in [0.15, 0.2) is 0 Å². The van der Waals surface area contributed by atoms with Crippen LogP contribution in [0.15, 0.2) is 36.4 Å². The molecule has 1 aromatic carbocycles. The maximum absolute atomic E-state index is 11.1. The van der Waals surface area contributed by atoms with Gasteiger partial charge in [-0.2, -0.15) is 0 Å². The molecule has 0 radical (unpaired) electrons. The number of aliphatic hydroxyl groups excluding tert-OH is 1. The van der Waals surface area contributed by atoms with Crippen molar-refractivity contribution >= 4 is 12.0 Å². The molecule has 1 fully saturated rings. The quantitative estimate of drug-likeness (QED) is 0.815. The Morgan fingerprint density at radius 3 is 2.44 bits per heavy atom. The predicted molar refractivity (Wildman–Crippen MR) is 60.8 cm³/mol. The predicted octanol–water partition coefficient (Wildman–Crippen LogP) is 1.93. The van der Waals surface area contributed by atoms with Crippen molar-refractivity contribution in [2.24, 2.45) is 5.41 Å². The molecule has 16 heavy (non-hydrogen) atoms. The molecule has 1 aliphatic carbocycles. The number of aliphatic carboxylic acids is 1. The Balaban J connectivity index is 2.14. The van der Waals surface area contributed by atoms with Crippen LogP contribution >= 0.6 is 0 Å². The van der Waals surface area contributed by atoms with Crippen LogP contribution < -0.4 is 0 Å². The summed E-state index contributed by atoms with van der Waals surface area (Å²) in [5.41, 5.74) is 0.111. The van der Waals surface area contributed by atoms with E-state index in [-0.39, 0.29) is 0 Å². The van der Waals surface area contributed by atoms with Crippen LogP contribution in [0.1, 0.15) is 18.4 Å². The zero-order valence-electron chi connectivity index (χ0n) is 8.84. The summed E-state index contributed by atoms with van der Waals surface area (Å²) in [4.78, 5) is 11.1. The standard InChI is InChI=1S/C13H14O3/c14-11-8-13(9-11,12(15)16)7-6-10-4-2-1-3-5-10/h1-7,11,14H,8-9H2,(H,15,16)/b7-6+. The van der Waals surface area contributed by atoms with Gasteiger partial charge in [-0.1, -0.05) is 42.5 Å². The largest absolute Gasteiger partial charge is 0.481 e. The van der Waals surface area contributed by atoms with E-state index >= 15 is 0 Å². The van der Waals surface area contributed by atoms with Gasteiger partial charge in [0.25, 0.3) is 0 Å². The summed E-state index contributed by atoms with van der Waals surface area (Å²) in [6.07, 6.45) is 3.64. The molecular weight excluding hydrogens is 204 g/mol. The maximum Gasteiger partial charge on any atom is 0.313 e. The molecule has 0 spiro atoms. The van der Waals surface area contributed by atoms with Crippen LogP contribution in [-0.4, -0.2) is 22.3 Å². The summed E-state index contributed by atoms with van der Waals surface area (Å²) in [5, 5.41) is 18.3. The van der Waals surface area contributed by atoms with E-state index in [0.717, 1.165) is 5.56 Å². The number of carboxylic acid groups (broad SMARTS) is 1. The third-order valence-electron chi connectivity index (χ3n) is 3.02. The summed E-state index contributed by atoms with van der Waals surface area (Å²) in [5.74, 6) is -0.856. The lowest BCUT2D eigenvalue weighted by atomic mass is 9.66. The second-order valence-electron chi connectivity index (χ2n) is 4.27. The minimum atomic E-state index is -0.866. The third kappa shape index (κ3) is 1.99. The van der Waals surface area contributed by atoms with Gasteiger partial charge < -0.3 is 10.2 Å². The molecule has 1 aliphatic rings. The molecule has 0 amide bonds. The SMILES string of the molecule is O=C(O)C1(/C=C/c2ccccc2)CC(O)C1. The molecule has 1 aromatic rings. The van der Waals surface area contributed by atoms with Gasteiger partial charge in [-0.15, -0.1) is 0 Å². The molecule has 0 aromatic heterocycles. The maximum atomic E-state index is 11.1. The van der Waals surface area contributed by atoms with Crippen molar-refractivity contribution in [2.75, 3.05) is 0 Å². The number of benzene rings is 1. The van der Waals surface area contributed by atoms with E-state index in [2.05, 4.69) is 0 Å². The minimum Gasteiger partial charge on any atom is -0.481 e. The molecule has 84 valence electrons. The fourth-order valence-electron chi connectivity index (χ4n) is 1.98. The van der Waals surface area contributed by atoms with Crippen molar-refractivity contribution in [1.82, 2.24) is 0 Å². The zero-order chi connectivity index (χ0) is 11.6. The van der Waals surface area contributed by atoms with Gasteiger partial charge in [0.05, 0.1) is 11.5 Å². The molecule has 0 atom stereocenters. The fourth-order valence-corrected chi connectivity index (χ4v) is 1.98.